The second-order valence-corrected chi connectivity index (χ2v) is 6.55. The zero-order valence-electron chi connectivity index (χ0n) is 14.8. The van der Waals surface area contributed by atoms with E-state index in [2.05, 4.69) is 32.2 Å². The molecule has 0 spiro atoms. The number of benzene rings is 2. The van der Waals surface area contributed by atoms with Gasteiger partial charge >= 0.3 is 0 Å². The molecule has 4 heteroatoms. The van der Waals surface area contributed by atoms with Gasteiger partial charge in [-0.3, -0.25) is 4.79 Å². The smallest absolute Gasteiger partial charge is 0.255 e. The maximum absolute atomic E-state index is 12.2. The summed E-state index contributed by atoms with van der Waals surface area (Å²) in [5.74, 6) is 1.26. The van der Waals surface area contributed by atoms with E-state index in [4.69, 9.17) is 9.47 Å². The van der Waals surface area contributed by atoms with Gasteiger partial charge in [0.15, 0.2) is 0 Å². The Morgan fingerprint density at radius 3 is 2.29 bits per heavy atom. The van der Waals surface area contributed by atoms with Crippen LogP contribution in [0.3, 0.4) is 0 Å². The van der Waals surface area contributed by atoms with E-state index in [1.165, 1.54) is 0 Å². The van der Waals surface area contributed by atoms with Gasteiger partial charge in [0, 0.05) is 0 Å². The number of para-hydroxylation sites is 2. The van der Waals surface area contributed by atoms with Gasteiger partial charge in [0.05, 0.1) is 19.2 Å². The van der Waals surface area contributed by atoms with Crippen molar-refractivity contribution < 1.29 is 14.3 Å². The van der Waals surface area contributed by atoms with Gasteiger partial charge in [-0.05, 0) is 29.2 Å². The zero-order chi connectivity index (χ0) is 17.6. The summed E-state index contributed by atoms with van der Waals surface area (Å²) < 4.78 is 11.1. The molecule has 4 nitrogen and oxygen atoms in total. The summed E-state index contributed by atoms with van der Waals surface area (Å²) in [5, 5.41) is 2.86. The highest BCUT2D eigenvalue weighted by Crippen LogP contribution is 2.30. The molecule has 0 saturated carbocycles. The average molecular weight is 327 g/mol. The predicted octanol–water partition coefficient (Wildman–Crippen LogP) is 3.80. The van der Waals surface area contributed by atoms with Gasteiger partial charge in [0.25, 0.3) is 5.91 Å². The molecule has 128 valence electrons. The van der Waals surface area contributed by atoms with Crippen LogP contribution in [0.1, 0.15) is 36.7 Å². The Hall–Kier alpha value is -2.49. The molecule has 0 aromatic heterocycles. The minimum absolute atomic E-state index is 0.0112. The van der Waals surface area contributed by atoms with E-state index >= 15 is 0 Å². The predicted molar refractivity (Wildman–Crippen MR) is 96.0 cm³/mol. The number of methoxy groups -OCH3 is 1. The topological polar surface area (TPSA) is 47.6 Å². The van der Waals surface area contributed by atoms with Crippen molar-refractivity contribution in [2.24, 2.45) is 0 Å². The maximum Gasteiger partial charge on any atom is 0.255 e. The van der Waals surface area contributed by atoms with Crippen molar-refractivity contribution in [2.75, 3.05) is 20.3 Å². The SMILES string of the molecule is COc1ccccc1C(=O)NCCOc1ccccc1C(C)(C)C. The van der Waals surface area contributed by atoms with E-state index in [9.17, 15) is 4.79 Å². The number of hydrogen-bond donors (Lipinski definition) is 1. The molecule has 2 aromatic carbocycles. The van der Waals surface area contributed by atoms with Gasteiger partial charge < -0.3 is 14.8 Å². The number of hydrogen-bond acceptors (Lipinski definition) is 3. The first-order chi connectivity index (χ1) is 11.4. The third kappa shape index (κ3) is 4.51. The van der Waals surface area contributed by atoms with Crippen LogP contribution in [0.25, 0.3) is 0 Å². The second kappa shape index (κ2) is 7.86. The Morgan fingerprint density at radius 1 is 1.00 bits per heavy atom. The highest BCUT2D eigenvalue weighted by molar-refractivity contribution is 5.96. The van der Waals surface area contributed by atoms with Crippen LogP contribution >= 0.6 is 0 Å². The first-order valence-corrected chi connectivity index (χ1v) is 8.07. The minimum atomic E-state index is -0.167. The van der Waals surface area contributed by atoms with E-state index < -0.39 is 0 Å². The Kier molecular flexibility index (Phi) is 5.85. The van der Waals surface area contributed by atoms with E-state index in [-0.39, 0.29) is 11.3 Å². The fourth-order valence-electron chi connectivity index (χ4n) is 2.47. The van der Waals surface area contributed by atoms with Crippen molar-refractivity contribution in [3.8, 4) is 11.5 Å². The van der Waals surface area contributed by atoms with Gasteiger partial charge in [-0.2, -0.15) is 0 Å². The standard InChI is InChI=1S/C20H25NO3/c1-20(2,3)16-10-6-8-12-18(16)24-14-13-21-19(22)15-9-5-7-11-17(15)23-4/h5-12H,13-14H2,1-4H3,(H,21,22). The Labute approximate surface area is 143 Å². The molecule has 0 aliphatic rings. The highest BCUT2D eigenvalue weighted by atomic mass is 16.5. The first-order valence-electron chi connectivity index (χ1n) is 8.07. The molecule has 1 N–H and O–H groups in total. The van der Waals surface area contributed by atoms with Crippen LogP contribution in [0.4, 0.5) is 0 Å². The van der Waals surface area contributed by atoms with Crippen LogP contribution in [0.15, 0.2) is 48.5 Å². The lowest BCUT2D eigenvalue weighted by molar-refractivity contribution is 0.0944. The van der Waals surface area contributed by atoms with Crippen molar-refractivity contribution in [3.05, 3.63) is 59.7 Å². The van der Waals surface area contributed by atoms with E-state index in [1.807, 2.05) is 30.3 Å². The fraction of sp³-hybridized carbons (Fsp3) is 0.350. The van der Waals surface area contributed by atoms with Gasteiger partial charge in [-0.1, -0.05) is 51.1 Å². The zero-order valence-corrected chi connectivity index (χ0v) is 14.8. The second-order valence-electron chi connectivity index (χ2n) is 6.55. The summed E-state index contributed by atoms with van der Waals surface area (Å²) in [5.41, 5.74) is 1.69. The molecule has 0 radical (unpaired) electrons. The van der Waals surface area contributed by atoms with E-state index in [0.717, 1.165) is 11.3 Å². The quantitative estimate of drug-likeness (QED) is 0.821. The number of nitrogens with one attached hydrogen (secondary N) is 1. The lowest BCUT2D eigenvalue weighted by atomic mass is 9.86. The number of ether oxygens (including phenoxy) is 2. The number of rotatable bonds is 6. The monoisotopic (exact) mass is 327 g/mol. The van der Waals surface area contributed by atoms with Crippen molar-refractivity contribution in [1.29, 1.82) is 0 Å². The summed E-state index contributed by atoms with van der Waals surface area (Å²) in [6.07, 6.45) is 0. The van der Waals surface area contributed by atoms with Crippen molar-refractivity contribution in [3.63, 3.8) is 0 Å². The molecular weight excluding hydrogens is 302 g/mol. The Morgan fingerprint density at radius 2 is 1.62 bits per heavy atom. The van der Waals surface area contributed by atoms with Gasteiger partial charge in [-0.25, -0.2) is 0 Å². The van der Waals surface area contributed by atoms with Crippen LogP contribution in [0.2, 0.25) is 0 Å². The number of carbonyl (C=O) groups is 1. The molecule has 24 heavy (non-hydrogen) atoms. The van der Waals surface area contributed by atoms with Crippen LogP contribution < -0.4 is 14.8 Å². The van der Waals surface area contributed by atoms with Gasteiger partial charge in [-0.15, -0.1) is 0 Å². The summed E-state index contributed by atoms with van der Waals surface area (Å²) >= 11 is 0. The lowest BCUT2D eigenvalue weighted by Crippen LogP contribution is -2.28. The van der Waals surface area contributed by atoms with Gasteiger partial charge in [0.2, 0.25) is 0 Å². The Balaban J connectivity index is 1.91. The van der Waals surface area contributed by atoms with Gasteiger partial charge in [0.1, 0.15) is 18.1 Å². The molecule has 0 fully saturated rings. The van der Waals surface area contributed by atoms with Crippen LogP contribution in [0, 0.1) is 0 Å². The number of carbonyl (C=O) groups excluding carboxylic acids is 1. The maximum atomic E-state index is 12.2. The summed E-state index contributed by atoms with van der Waals surface area (Å²) in [6.45, 7) is 7.29. The minimum Gasteiger partial charge on any atom is -0.496 e. The van der Waals surface area contributed by atoms with Crippen LogP contribution in [0.5, 0.6) is 11.5 Å². The van der Waals surface area contributed by atoms with E-state index in [0.29, 0.717) is 24.5 Å². The third-order valence-electron chi connectivity index (χ3n) is 3.69. The molecule has 2 rings (SSSR count). The molecule has 0 aliphatic heterocycles. The molecule has 0 saturated heterocycles. The molecule has 0 heterocycles. The molecule has 0 atom stereocenters. The summed E-state index contributed by atoms with van der Waals surface area (Å²) in [6, 6.07) is 15.2. The molecule has 2 aromatic rings. The lowest BCUT2D eigenvalue weighted by Gasteiger charge is -2.22. The fourth-order valence-corrected chi connectivity index (χ4v) is 2.47. The van der Waals surface area contributed by atoms with Crippen molar-refractivity contribution in [1.82, 2.24) is 5.32 Å². The normalized spacial score (nSPS) is 11.0. The Bertz CT molecular complexity index is 689. The molecule has 1 amide bonds. The van der Waals surface area contributed by atoms with Crippen LogP contribution in [-0.4, -0.2) is 26.2 Å². The van der Waals surface area contributed by atoms with Crippen molar-refractivity contribution in [2.45, 2.75) is 26.2 Å². The van der Waals surface area contributed by atoms with Crippen molar-refractivity contribution >= 4 is 5.91 Å². The molecule has 0 aliphatic carbocycles. The number of amides is 1. The first kappa shape index (κ1) is 17.9. The van der Waals surface area contributed by atoms with Crippen LogP contribution in [-0.2, 0) is 5.41 Å². The summed E-state index contributed by atoms with van der Waals surface area (Å²) in [4.78, 5) is 12.2. The average Bonchev–Trinajstić information content (AvgIpc) is 2.58. The molecule has 0 bridgehead atoms. The third-order valence-corrected chi connectivity index (χ3v) is 3.69. The molecular formula is C20H25NO3. The largest absolute Gasteiger partial charge is 0.496 e. The highest BCUT2D eigenvalue weighted by Gasteiger charge is 2.18. The molecule has 0 unspecified atom stereocenters. The van der Waals surface area contributed by atoms with E-state index in [1.54, 1.807) is 19.2 Å². The summed E-state index contributed by atoms with van der Waals surface area (Å²) in [7, 11) is 1.55.